The molecule has 1 aliphatic carbocycles. The number of para-hydroxylation sites is 1. The number of rotatable bonds is 9. The Bertz CT molecular complexity index is 1130. The van der Waals surface area contributed by atoms with E-state index in [1.54, 1.807) is 25.2 Å². The molecule has 7 heteroatoms. The summed E-state index contributed by atoms with van der Waals surface area (Å²) < 4.78 is 11.0. The molecular formula is C28H32N2O4S. The van der Waals surface area contributed by atoms with Gasteiger partial charge in [-0.3, -0.25) is 9.59 Å². The minimum atomic E-state index is -0.827. The third kappa shape index (κ3) is 6.03. The summed E-state index contributed by atoms with van der Waals surface area (Å²) in [5.74, 6) is 0.940. The van der Waals surface area contributed by atoms with Gasteiger partial charge in [-0.15, -0.1) is 11.3 Å². The van der Waals surface area contributed by atoms with E-state index < -0.39 is 6.04 Å². The average molecular weight is 493 g/mol. The van der Waals surface area contributed by atoms with Gasteiger partial charge in [-0.25, -0.2) is 0 Å². The normalized spacial score (nSPS) is 14.7. The summed E-state index contributed by atoms with van der Waals surface area (Å²) in [6.45, 7) is 0.223. The van der Waals surface area contributed by atoms with Crippen molar-refractivity contribution >= 4 is 23.2 Å². The van der Waals surface area contributed by atoms with Gasteiger partial charge in [0.1, 0.15) is 17.5 Å². The van der Waals surface area contributed by atoms with Crippen molar-refractivity contribution in [1.82, 2.24) is 10.2 Å². The van der Waals surface area contributed by atoms with E-state index in [9.17, 15) is 9.59 Å². The van der Waals surface area contributed by atoms with Crippen molar-refractivity contribution < 1.29 is 19.1 Å². The Balaban J connectivity index is 1.77. The van der Waals surface area contributed by atoms with Gasteiger partial charge in [0.2, 0.25) is 5.91 Å². The van der Waals surface area contributed by atoms with E-state index in [4.69, 9.17) is 9.47 Å². The number of ether oxygens (including phenoxy) is 2. The van der Waals surface area contributed by atoms with Crippen LogP contribution < -0.4 is 14.8 Å². The van der Waals surface area contributed by atoms with Crippen LogP contribution in [0.25, 0.3) is 0 Å². The first kappa shape index (κ1) is 24.8. The van der Waals surface area contributed by atoms with Crippen LogP contribution in [-0.2, 0) is 11.3 Å². The highest BCUT2D eigenvalue weighted by atomic mass is 32.1. The van der Waals surface area contributed by atoms with Gasteiger partial charge >= 0.3 is 0 Å². The molecule has 1 heterocycles. The van der Waals surface area contributed by atoms with Gasteiger partial charge in [-0.2, -0.15) is 0 Å². The maximum atomic E-state index is 13.9. The second-order valence-electron chi connectivity index (χ2n) is 8.74. The molecule has 0 unspecified atom stereocenters. The summed E-state index contributed by atoms with van der Waals surface area (Å²) in [7, 11) is 3.21. The number of benzene rings is 2. The molecule has 2 aromatic carbocycles. The largest absolute Gasteiger partial charge is 0.497 e. The molecule has 1 aromatic heterocycles. The maximum Gasteiger partial charge on any atom is 0.265 e. The molecule has 1 saturated carbocycles. The zero-order valence-corrected chi connectivity index (χ0v) is 21.1. The number of nitrogens with zero attached hydrogens (tertiary/aromatic N) is 1. The first-order valence-corrected chi connectivity index (χ1v) is 12.9. The van der Waals surface area contributed by atoms with E-state index in [1.807, 2.05) is 60.0 Å². The molecule has 35 heavy (non-hydrogen) atoms. The number of amides is 2. The third-order valence-electron chi connectivity index (χ3n) is 6.45. The van der Waals surface area contributed by atoms with Crippen LogP contribution in [0.4, 0.5) is 0 Å². The quantitative estimate of drug-likeness (QED) is 0.422. The highest BCUT2D eigenvalue weighted by Gasteiger charge is 2.34. The molecular weight excluding hydrogens is 460 g/mol. The number of hydrogen-bond donors (Lipinski definition) is 1. The minimum absolute atomic E-state index is 0.120. The molecule has 0 spiro atoms. The molecule has 1 N–H and O–H groups in total. The van der Waals surface area contributed by atoms with Crippen LogP contribution >= 0.6 is 11.3 Å². The maximum absolute atomic E-state index is 13.9. The van der Waals surface area contributed by atoms with Crippen molar-refractivity contribution in [2.75, 3.05) is 14.2 Å². The average Bonchev–Trinajstić information content (AvgIpc) is 3.44. The lowest BCUT2D eigenvalue weighted by Gasteiger charge is -2.33. The smallest absolute Gasteiger partial charge is 0.265 e. The zero-order chi connectivity index (χ0) is 24.6. The van der Waals surface area contributed by atoms with Crippen LogP contribution in [0, 0.1) is 0 Å². The van der Waals surface area contributed by atoms with Crippen LogP contribution in [-0.4, -0.2) is 37.0 Å². The molecule has 2 amide bonds. The van der Waals surface area contributed by atoms with E-state index in [1.165, 1.54) is 17.8 Å². The number of carbonyl (C=O) groups excluding carboxylic acids is 2. The molecule has 6 nitrogen and oxygen atoms in total. The second kappa shape index (κ2) is 11.9. The van der Waals surface area contributed by atoms with Gasteiger partial charge < -0.3 is 19.7 Å². The van der Waals surface area contributed by atoms with Gasteiger partial charge in [0.15, 0.2) is 0 Å². The molecule has 0 radical (unpaired) electrons. The van der Waals surface area contributed by atoms with E-state index >= 15 is 0 Å². The minimum Gasteiger partial charge on any atom is -0.497 e. The van der Waals surface area contributed by atoms with Gasteiger partial charge in [0.05, 0.1) is 25.6 Å². The Hall–Kier alpha value is -3.32. The van der Waals surface area contributed by atoms with Gasteiger partial charge in [0, 0.05) is 11.6 Å². The molecule has 4 rings (SSSR count). The molecule has 1 fully saturated rings. The monoisotopic (exact) mass is 492 g/mol. The molecule has 1 atom stereocenters. The van der Waals surface area contributed by atoms with E-state index in [0.29, 0.717) is 21.9 Å². The summed E-state index contributed by atoms with van der Waals surface area (Å²) in [6, 6.07) is 17.9. The van der Waals surface area contributed by atoms with Crippen molar-refractivity contribution in [3.8, 4) is 11.5 Å². The fourth-order valence-corrected chi connectivity index (χ4v) is 5.33. The summed E-state index contributed by atoms with van der Waals surface area (Å²) in [5, 5.41) is 5.12. The predicted octanol–water partition coefficient (Wildman–Crippen LogP) is 5.60. The zero-order valence-electron chi connectivity index (χ0n) is 20.2. The Morgan fingerprint density at radius 3 is 2.51 bits per heavy atom. The Morgan fingerprint density at radius 2 is 1.80 bits per heavy atom. The van der Waals surface area contributed by atoms with Gasteiger partial charge in [-0.1, -0.05) is 55.7 Å². The molecule has 0 saturated heterocycles. The number of carbonyl (C=O) groups is 2. The summed E-state index contributed by atoms with van der Waals surface area (Å²) in [4.78, 5) is 30.0. The SMILES string of the molecule is COc1cccc([C@@H](C(=O)NC2CCCCC2)N(Cc2ccccc2OC)C(=O)c2cccs2)c1. The highest BCUT2D eigenvalue weighted by Crippen LogP contribution is 2.31. The van der Waals surface area contributed by atoms with E-state index in [2.05, 4.69) is 5.32 Å². The fraction of sp³-hybridized carbons (Fsp3) is 0.357. The summed E-state index contributed by atoms with van der Waals surface area (Å²) >= 11 is 1.37. The Morgan fingerprint density at radius 1 is 1.00 bits per heavy atom. The van der Waals surface area contributed by atoms with E-state index in [-0.39, 0.29) is 24.4 Å². The Kier molecular flexibility index (Phi) is 8.42. The third-order valence-corrected chi connectivity index (χ3v) is 7.30. The number of nitrogens with one attached hydrogen (secondary N) is 1. The van der Waals surface area contributed by atoms with Crippen LogP contribution in [0.2, 0.25) is 0 Å². The van der Waals surface area contributed by atoms with Crippen molar-refractivity contribution in [3.63, 3.8) is 0 Å². The van der Waals surface area contributed by atoms with Gasteiger partial charge in [0.25, 0.3) is 5.91 Å². The molecule has 0 aliphatic heterocycles. The van der Waals surface area contributed by atoms with Crippen LogP contribution in [0.5, 0.6) is 11.5 Å². The second-order valence-corrected chi connectivity index (χ2v) is 9.69. The summed E-state index contributed by atoms with van der Waals surface area (Å²) in [5.41, 5.74) is 1.54. The number of hydrogen-bond acceptors (Lipinski definition) is 5. The standard InChI is InChI=1S/C28H32N2O4S/c1-33-23-14-8-11-20(18-23)26(27(31)29-22-12-4-3-5-13-22)30(28(32)25-16-9-17-35-25)19-21-10-6-7-15-24(21)34-2/h6-11,14-18,22,26H,3-5,12-13,19H2,1-2H3,(H,29,31)/t26-/m0/s1. The molecule has 0 bridgehead atoms. The van der Waals surface area contributed by atoms with Crippen molar-refractivity contribution in [3.05, 3.63) is 82.0 Å². The lowest BCUT2D eigenvalue weighted by atomic mass is 9.94. The van der Waals surface area contributed by atoms with Crippen LogP contribution in [0.3, 0.4) is 0 Å². The summed E-state index contributed by atoms with van der Waals surface area (Å²) in [6.07, 6.45) is 5.33. The topological polar surface area (TPSA) is 67.9 Å². The van der Waals surface area contributed by atoms with E-state index in [0.717, 1.165) is 31.2 Å². The molecule has 1 aliphatic rings. The number of thiophene rings is 1. The molecule has 3 aromatic rings. The predicted molar refractivity (Wildman–Crippen MR) is 138 cm³/mol. The van der Waals surface area contributed by atoms with Crippen LogP contribution in [0.1, 0.15) is 58.9 Å². The fourth-order valence-electron chi connectivity index (χ4n) is 4.65. The lowest BCUT2D eigenvalue weighted by Crippen LogP contribution is -2.46. The van der Waals surface area contributed by atoms with Crippen molar-refractivity contribution in [1.29, 1.82) is 0 Å². The first-order chi connectivity index (χ1) is 17.1. The first-order valence-electron chi connectivity index (χ1n) is 12.0. The highest BCUT2D eigenvalue weighted by molar-refractivity contribution is 7.12. The lowest BCUT2D eigenvalue weighted by molar-refractivity contribution is -0.127. The van der Waals surface area contributed by atoms with Crippen molar-refractivity contribution in [2.45, 2.75) is 50.7 Å². The number of methoxy groups -OCH3 is 2. The van der Waals surface area contributed by atoms with Gasteiger partial charge in [-0.05, 0) is 48.1 Å². The Labute approximate surface area is 210 Å². The molecule has 184 valence electrons. The van der Waals surface area contributed by atoms with Crippen molar-refractivity contribution in [2.24, 2.45) is 0 Å². The van der Waals surface area contributed by atoms with Crippen LogP contribution in [0.15, 0.2) is 66.0 Å².